The Bertz CT molecular complexity index is 1780. The maximum Gasteiger partial charge on any atom is 0.275 e. The predicted octanol–water partition coefficient (Wildman–Crippen LogP) is 6.27. The fraction of sp³-hybridized carbons (Fsp3) is 0.359. The molecule has 3 aromatic carbocycles. The molecule has 49 heavy (non-hydrogen) atoms. The molecule has 7 rings (SSSR count). The second kappa shape index (κ2) is 15.2. The third-order valence-corrected chi connectivity index (χ3v) is 11.8. The van der Waals surface area contributed by atoms with Crippen LogP contribution < -0.4 is 9.62 Å². The van der Waals surface area contributed by atoms with Crippen LogP contribution in [0.2, 0.25) is 0 Å². The van der Waals surface area contributed by atoms with Gasteiger partial charge in [-0.2, -0.15) is 0 Å². The quantitative estimate of drug-likeness (QED) is 0.191. The molecule has 9 nitrogen and oxygen atoms in total. The minimum absolute atomic E-state index is 0.0650. The minimum atomic E-state index is -1.03. The van der Waals surface area contributed by atoms with Gasteiger partial charge in [0.25, 0.3) is 5.91 Å². The van der Waals surface area contributed by atoms with E-state index in [-0.39, 0.29) is 24.6 Å². The van der Waals surface area contributed by atoms with E-state index in [2.05, 4.69) is 70.4 Å². The van der Waals surface area contributed by atoms with Gasteiger partial charge in [0.15, 0.2) is 5.69 Å². The number of hydrogen-bond acceptors (Lipinski definition) is 7. The Labute approximate surface area is 291 Å². The summed E-state index contributed by atoms with van der Waals surface area (Å²) in [6.07, 6.45) is 9.95. The number of methoxy groups -OCH3 is 1. The van der Waals surface area contributed by atoms with Gasteiger partial charge in [-0.25, -0.2) is 4.98 Å². The van der Waals surface area contributed by atoms with Crippen molar-refractivity contribution < 1.29 is 19.4 Å². The van der Waals surface area contributed by atoms with E-state index in [9.17, 15) is 9.90 Å². The van der Waals surface area contributed by atoms with Crippen molar-refractivity contribution in [2.24, 2.45) is 0 Å². The lowest BCUT2D eigenvalue weighted by molar-refractivity contribution is -0.0893. The van der Waals surface area contributed by atoms with Crippen LogP contribution in [0, 0.1) is 0 Å². The van der Waals surface area contributed by atoms with Crippen LogP contribution in [0.15, 0.2) is 114 Å². The molecule has 4 atom stereocenters. The van der Waals surface area contributed by atoms with Crippen LogP contribution in [0.1, 0.15) is 48.6 Å². The summed E-state index contributed by atoms with van der Waals surface area (Å²) in [5, 5.41) is 16.2. The van der Waals surface area contributed by atoms with Gasteiger partial charge in [-0.05, 0) is 60.3 Å². The number of nitrogens with zero attached hydrogens (tertiary/aromatic N) is 4. The number of amides is 1. The zero-order valence-corrected chi connectivity index (χ0v) is 28.8. The van der Waals surface area contributed by atoms with Crippen LogP contribution in [-0.4, -0.2) is 82.1 Å². The summed E-state index contributed by atoms with van der Waals surface area (Å²) in [5.74, 6) is -0.0945. The first kappa shape index (κ1) is 33.4. The smallest absolute Gasteiger partial charge is 0.275 e. The standard InChI is InChI=1S/C39H45N5O4S/c1-47-28-39(46)22-12-11-19-34(39)43-29-41-36(37(43)30-13-5-2-6-14-30)38(45)42-25-23-40-27-32(42)21-26-48-35-20-24-44(31-15-7-3-8-16-31)49(35)33-17-9-4-10-18-33/h2-10,13-18,20,24,29,32,34,40,46H,11-12,19,21-23,25-28H2,1H3/t32-,34-,39-,49?/m1/s1. The number of piperazine rings is 1. The number of aromatic nitrogens is 2. The maximum atomic E-state index is 14.5. The summed E-state index contributed by atoms with van der Waals surface area (Å²) in [5.41, 5.74) is 2.15. The van der Waals surface area contributed by atoms with E-state index in [1.165, 1.54) is 4.90 Å². The number of imidazole rings is 1. The van der Waals surface area contributed by atoms with Crippen LogP contribution in [0.4, 0.5) is 5.69 Å². The Kier molecular flexibility index (Phi) is 10.4. The van der Waals surface area contributed by atoms with Crippen molar-refractivity contribution >= 4 is 27.3 Å². The predicted molar refractivity (Wildman–Crippen MR) is 196 cm³/mol. The molecule has 1 unspecified atom stereocenters. The average Bonchev–Trinajstić information content (AvgIpc) is 3.78. The van der Waals surface area contributed by atoms with Crippen LogP contribution >= 0.6 is 10.7 Å². The number of carbonyl (C=O) groups is 1. The molecule has 1 amide bonds. The molecule has 1 saturated carbocycles. The Morgan fingerprint density at radius 2 is 1.76 bits per heavy atom. The molecular formula is C39H45N5O4S. The van der Waals surface area contributed by atoms with E-state index in [4.69, 9.17) is 14.5 Å². The Hall–Kier alpha value is -4.06. The molecule has 1 aliphatic carbocycles. The molecule has 1 saturated heterocycles. The Balaban J connectivity index is 1.14. The monoisotopic (exact) mass is 679 g/mol. The minimum Gasteiger partial charge on any atom is -0.385 e. The van der Waals surface area contributed by atoms with Crippen LogP contribution in [0.3, 0.4) is 0 Å². The summed E-state index contributed by atoms with van der Waals surface area (Å²) in [4.78, 5) is 22.4. The number of hydrogen-bond donors (Lipinski definition) is 2. The number of anilines is 1. The van der Waals surface area contributed by atoms with Crippen molar-refractivity contribution in [2.45, 2.75) is 54.7 Å². The van der Waals surface area contributed by atoms with E-state index in [0.29, 0.717) is 44.8 Å². The molecule has 4 aromatic rings. The molecule has 0 bridgehead atoms. The number of carbonyl (C=O) groups excluding carboxylic acids is 1. The Morgan fingerprint density at radius 3 is 2.51 bits per heavy atom. The van der Waals surface area contributed by atoms with Crippen molar-refractivity contribution in [1.82, 2.24) is 19.8 Å². The summed E-state index contributed by atoms with van der Waals surface area (Å²) in [6, 6.07) is 30.5. The van der Waals surface area contributed by atoms with Crippen molar-refractivity contribution in [3.8, 4) is 11.3 Å². The second-order valence-corrected chi connectivity index (χ2v) is 14.7. The third-order valence-electron chi connectivity index (χ3n) is 9.75. The lowest BCUT2D eigenvalue weighted by atomic mass is 9.80. The number of nitrogens with one attached hydrogen (secondary N) is 1. The van der Waals surface area contributed by atoms with Crippen molar-refractivity contribution in [2.75, 3.05) is 44.3 Å². The zero-order chi connectivity index (χ0) is 33.6. The number of ether oxygens (including phenoxy) is 2. The molecule has 0 spiro atoms. The lowest BCUT2D eigenvalue weighted by Crippen LogP contribution is -2.54. The molecule has 2 N–H and O–H groups in total. The van der Waals surface area contributed by atoms with Crippen molar-refractivity contribution in [1.29, 1.82) is 0 Å². The van der Waals surface area contributed by atoms with Crippen molar-refractivity contribution in [3.63, 3.8) is 0 Å². The largest absolute Gasteiger partial charge is 0.385 e. The second-order valence-electron chi connectivity index (χ2n) is 12.9. The van der Waals surface area contributed by atoms with Crippen LogP contribution in [0.25, 0.3) is 11.3 Å². The first-order valence-corrected chi connectivity index (χ1v) is 18.4. The Morgan fingerprint density at radius 1 is 1.02 bits per heavy atom. The van der Waals surface area contributed by atoms with E-state index in [1.807, 2.05) is 51.9 Å². The van der Waals surface area contributed by atoms with E-state index >= 15 is 0 Å². The summed E-state index contributed by atoms with van der Waals surface area (Å²) >= 11 is 0. The van der Waals surface area contributed by atoms with Crippen LogP contribution in [0.5, 0.6) is 0 Å². The number of aliphatic hydroxyl groups is 1. The van der Waals surface area contributed by atoms with Crippen molar-refractivity contribution in [3.05, 3.63) is 115 Å². The van der Waals surface area contributed by atoms with Gasteiger partial charge in [-0.3, -0.25) is 9.10 Å². The summed E-state index contributed by atoms with van der Waals surface area (Å²) in [7, 11) is 1.20. The summed E-state index contributed by atoms with van der Waals surface area (Å²) in [6.45, 7) is 2.67. The molecule has 0 radical (unpaired) electrons. The maximum absolute atomic E-state index is 14.5. The molecule has 1 aromatic heterocycles. The fourth-order valence-electron chi connectivity index (χ4n) is 7.37. The topological polar surface area (TPSA) is 92.1 Å². The van der Waals surface area contributed by atoms with Gasteiger partial charge in [-0.15, -0.1) is 0 Å². The first-order valence-electron chi connectivity index (χ1n) is 17.2. The van der Waals surface area contributed by atoms with Gasteiger partial charge in [-0.1, -0.05) is 79.6 Å². The number of para-hydroxylation sites is 1. The highest BCUT2D eigenvalue weighted by Crippen LogP contribution is 2.42. The summed E-state index contributed by atoms with van der Waals surface area (Å²) < 4.78 is 16.4. The third kappa shape index (κ3) is 7.02. The molecule has 256 valence electrons. The van der Waals surface area contributed by atoms with E-state index in [0.717, 1.165) is 41.3 Å². The van der Waals surface area contributed by atoms with Gasteiger partial charge in [0, 0.05) is 49.4 Å². The van der Waals surface area contributed by atoms with Gasteiger partial charge >= 0.3 is 0 Å². The van der Waals surface area contributed by atoms with Gasteiger partial charge in [0.1, 0.15) is 10.7 Å². The van der Waals surface area contributed by atoms with Crippen LogP contribution in [-0.2, 0) is 9.47 Å². The highest BCUT2D eigenvalue weighted by Gasteiger charge is 2.42. The SMILES string of the molecule is COC[C@]1(O)CCCC[C@H]1n1cnc(C(=O)N2CCNC[C@H]2CCOC2=S(c3ccccc3)N(c3ccccc3)C=C2)c1-c1ccccc1. The molecule has 2 fully saturated rings. The highest BCUT2D eigenvalue weighted by molar-refractivity contribution is 8.17. The fourth-order valence-corrected chi connectivity index (χ4v) is 9.34. The molecular weight excluding hydrogens is 635 g/mol. The molecule has 2 aliphatic heterocycles. The zero-order valence-electron chi connectivity index (χ0n) is 28.0. The van der Waals surface area contributed by atoms with Gasteiger partial charge < -0.3 is 29.4 Å². The molecule has 3 aliphatic rings. The number of benzene rings is 3. The normalized spacial score (nSPS) is 24.0. The van der Waals surface area contributed by atoms with Gasteiger partial charge in [0.05, 0.1) is 37.0 Å². The highest BCUT2D eigenvalue weighted by atomic mass is 32.2. The molecule has 3 heterocycles. The van der Waals surface area contributed by atoms with Gasteiger partial charge in [0.2, 0.25) is 0 Å². The van der Waals surface area contributed by atoms with E-state index < -0.39 is 16.3 Å². The molecule has 10 heteroatoms. The lowest BCUT2D eigenvalue weighted by Gasteiger charge is -2.41. The average molecular weight is 680 g/mol. The number of rotatable bonds is 10. The first-order chi connectivity index (χ1) is 24.1. The van der Waals surface area contributed by atoms with E-state index in [1.54, 1.807) is 13.4 Å².